The van der Waals surface area contributed by atoms with Crippen LogP contribution in [0.15, 0.2) is 29.3 Å². The Bertz CT molecular complexity index is 894. The lowest BCUT2D eigenvalue weighted by molar-refractivity contribution is 0.174. The summed E-state index contributed by atoms with van der Waals surface area (Å²) >= 11 is 0. The van der Waals surface area contributed by atoms with Gasteiger partial charge in [-0.05, 0) is 30.4 Å². The van der Waals surface area contributed by atoms with Crippen LogP contribution in [0.25, 0.3) is 0 Å². The lowest BCUT2D eigenvalue weighted by atomic mass is 9.98. The monoisotopic (exact) mass is 425 g/mol. The Balaban J connectivity index is 1.30. The predicted octanol–water partition coefficient (Wildman–Crippen LogP) is 1.74. The van der Waals surface area contributed by atoms with Gasteiger partial charge in [-0.15, -0.1) is 0 Å². The summed E-state index contributed by atoms with van der Waals surface area (Å²) in [6.07, 6.45) is 4.18. The van der Waals surface area contributed by atoms with Gasteiger partial charge >= 0.3 is 0 Å². The zero-order valence-electron chi connectivity index (χ0n) is 19.0. The third kappa shape index (κ3) is 5.25. The van der Waals surface area contributed by atoms with Crippen LogP contribution >= 0.6 is 0 Å². The number of ether oxygens (including phenoxy) is 1. The highest BCUT2D eigenvalue weighted by Crippen LogP contribution is 2.21. The minimum Gasteiger partial charge on any atom is -0.377 e. The second-order valence-corrected chi connectivity index (χ2v) is 8.44. The number of nitrogens with zero attached hydrogens (tertiary/aromatic N) is 5. The number of guanidine groups is 1. The third-order valence-electron chi connectivity index (χ3n) is 6.39. The molecule has 2 aliphatic heterocycles. The number of fused-ring (bicyclic) bond motifs is 2. The maximum absolute atomic E-state index is 5.16. The topological polar surface area (TPSA) is 79.6 Å². The predicted molar refractivity (Wildman–Crippen MR) is 122 cm³/mol. The lowest BCUT2D eigenvalue weighted by Gasteiger charge is -2.35. The summed E-state index contributed by atoms with van der Waals surface area (Å²) in [5.74, 6) is 2.67. The smallest absolute Gasteiger partial charge is 0.191 e. The molecule has 1 aromatic carbocycles. The molecule has 8 heteroatoms. The molecule has 2 aromatic rings. The average molecular weight is 426 g/mol. The number of rotatable bonds is 7. The molecule has 0 saturated heterocycles. The minimum absolute atomic E-state index is 0.290. The molecule has 2 atom stereocenters. The second kappa shape index (κ2) is 10.2. The summed E-state index contributed by atoms with van der Waals surface area (Å²) in [7, 11) is 3.51. The molecule has 0 aliphatic carbocycles. The first-order valence-corrected chi connectivity index (χ1v) is 11.4. The van der Waals surface area contributed by atoms with Gasteiger partial charge in [0, 0.05) is 52.3 Å². The summed E-state index contributed by atoms with van der Waals surface area (Å²) in [6, 6.07) is 9.60. The van der Waals surface area contributed by atoms with Crippen LogP contribution in [0.1, 0.15) is 42.5 Å². The van der Waals surface area contributed by atoms with Crippen LogP contribution in [0, 0.1) is 0 Å². The number of hydrogen-bond donors (Lipinski definition) is 2. The maximum atomic E-state index is 5.16. The Kier molecular flexibility index (Phi) is 7.19. The van der Waals surface area contributed by atoms with Gasteiger partial charge < -0.3 is 15.4 Å². The molecule has 3 heterocycles. The van der Waals surface area contributed by atoms with E-state index >= 15 is 0 Å². The maximum Gasteiger partial charge on any atom is 0.191 e. The largest absolute Gasteiger partial charge is 0.377 e. The molecule has 2 unspecified atom stereocenters. The molecule has 0 spiro atoms. The highest BCUT2D eigenvalue weighted by Gasteiger charge is 2.24. The second-order valence-electron chi connectivity index (χ2n) is 8.44. The van der Waals surface area contributed by atoms with E-state index in [4.69, 9.17) is 4.74 Å². The number of aromatic nitrogens is 3. The number of aliphatic imine (C=N–C) groups is 1. The van der Waals surface area contributed by atoms with E-state index in [9.17, 15) is 0 Å². The third-order valence-corrected chi connectivity index (χ3v) is 6.39. The highest BCUT2D eigenvalue weighted by molar-refractivity contribution is 5.80. The molecule has 1 aromatic heterocycles. The van der Waals surface area contributed by atoms with Crippen LogP contribution in [0.4, 0.5) is 0 Å². The van der Waals surface area contributed by atoms with Crippen molar-refractivity contribution >= 4 is 5.96 Å². The number of benzene rings is 1. The van der Waals surface area contributed by atoms with Crippen LogP contribution < -0.4 is 10.6 Å². The number of methoxy groups -OCH3 is 1. The quantitative estimate of drug-likeness (QED) is 0.520. The lowest BCUT2D eigenvalue weighted by Crippen LogP contribution is -2.51. The van der Waals surface area contributed by atoms with Gasteiger partial charge in [0.25, 0.3) is 0 Å². The molecule has 0 radical (unpaired) electrons. The van der Waals surface area contributed by atoms with Crippen molar-refractivity contribution in [2.45, 2.75) is 64.4 Å². The molecule has 2 aliphatic rings. The van der Waals surface area contributed by atoms with Crippen LogP contribution in [-0.4, -0.2) is 65.0 Å². The van der Waals surface area contributed by atoms with Crippen molar-refractivity contribution in [1.29, 1.82) is 0 Å². The van der Waals surface area contributed by atoms with Gasteiger partial charge in [-0.25, -0.2) is 9.67 Å². The van der Waals surface area contributed by atoms with Crippen molar-refractivity contribution in [1.82, 2.24) is 30.3 Å². The van der Waals surface area contributed by atoms with Crippen LogP contribution in [0.2, 0.25) is 0 Å². The van der Waals surface area contributed by atoms with Gasteiger partial charge in [0.15, 0.2) is 11.8 Å². The Labute approximate surface area is 185 Å². The first-order valence-electron chi connectivity index (χ1n) is 11.4. The molecular formula is C23H35N7O. The van der Waals surface area contributed by atoms with Crippen molar-refractivity contribution in [2.75, 3.05) is 27.2 Å². The number of nitrogens with one attached hydrogen (secondary N) is 2. The van der Waals surface area contributed by atoms with Crippen LogP contribution in [0.3, 0.4) is 0 Å². The Morgan fingerprint density at radius 3 is 2.90 bits per heavy atom. The van der Waals surface area contributed by atoms with Gasteiger partial charge in [0.05, 0.1) is 6.54 Å². The molecular weight excluding hydrogens is 390 g/mol. The van der Waals surface area contributed by atoms with Crippen LogP contribution in [0.5, 0.6) is 0 Å². The molecule has 8 nitrogen and oxygen atoms in total. The molecule has 168 valence electrons. The molecule has 4 rings (SSSR count). The van der Waals surface area contributed by atoms with Crippen molar-refractivity contribution in [3.05, 3.63) is 47.0 Å². The van der Waals surface area contributed by atoms with E-state index in [0.717, 1.165) is 69.5 Å². The zero-order valence-corrected chi connectivity index (χ0v) is 19.0. The summed E-state index contributed by atoms with van der Waals surface area (Å²) in [4.78, 5) is 11.6. The van der Waals surface area contributed by atoms with Crippen molar-refractivity contribution < 1.29 is 4.74 Å². The van der Waals surface area contributed by atoms with E-state index in [0.29, 0.717) is 12.6 Å². The number of hydrogen-bond acceptors (Lipinski definition) is 5. The fourth-order valence-electron chi connectivity index (χ4n) is 4.63. The van der Waals surface area contributed by atoms with E-state index in [-0.39, 0.29) is 6.04 Å². The average Bonchev–Trinajstić information content (AvgIpc) is 3.20. The first kappa shape index (κ1) is 21.8. The first-order chi connectivity index (χ1) is 15.2. The Morgan fingerprint density at radius 2 is 2.13 bits per heavy atom. The molecule has 0 amide bonds. The van der Waals surface area contributed by atoms with E-state index in [1.54, 1.807) is 7.11 Å². The van der Waals surface area contributed by atoms with Gasteiger partial charge in [-0.2, -0.15) is 5.10 Å². The summed E-state index contributed by atoms with van der Waals surface area (Å²) in [6.45, 7) is 6.56. The van der Waals surface area contributed by atoms with E-state index in [1.165, 1.54) is 11.1 Å². The zero-order chi connectivity index (χ0) is 21.6. The molecule has 2 N–H and O–H groups in total. The standard InChI is InChI=1S/C23H35N7O/c1-4-20(29-12-11-17-7-5-6-8-18(17)14-29)13-25-23(24-2)26-19-9-10-22-27-21(16-31-3)28-30(22)15-19/h5-8,19-20H,4,9-16H2,1-3H3,(H2,24,25,26). The fourth-order valence-corrected chi connectivity index (χ4v) is 4.63. The van der Waals surface area contributed by atoms with Gasteiger partial charge in [0.1, 0.15) is 12.4 Å². The summed E-state index contributed by atoms with van der Waals surface area (Å²) in [5.41, 5.74) is 2.96. The normalized spacial score (nSPS) is 20.1. The van der Waals surface area contributed by atoms with Gasteiger partial charge in [0.2, 0.25) is 0 Å². The summed E-state index contributed by atoms with van der Waals surface area (Å²) < 4.78 is 7.16. The van der Waals surface area contributed by atoms with Crippen molar-refractivity contribution in [2.24, 2.45) is 4.99 Å². The highest BCUT2D eigenvalue weighted by atomic mass is 16.5. The molecule has 0 fully saturated rings. The van der Waals surface area contributed by atoms with E-state index in [1.807, 2.05) is 11.7 Å². The fraction of sp³-hybridized carbons (Fsp3) is 0.609. The van der Waals surface area contributed by atoms with Crippen molar-refractivity contribution in [3.63, 3.8) is 0 Å². The number of aryl methyl sites for hydroxylation is 1. The Hall–Kier alpha value is -2.45. The minimum atomic E-state index is 0.290. The summed E-state index contributed by atoms with van der Waals surface area (Å²) in [5, 5.41) is 11.7. The molecule has 31 heavy (non-hydrogen) atoms. The Morgan fingerprint density at radius 1 is 1.29 bits per heavy atom. The van der Waals surface area contributed by atoms with Crippen molar-refractivity contribution in [3.8, 4) is 0 Å². The van der Waals surface area contributed by atoms with E-state index in [2.05, 4.69) is 61.8 Å². The molecule has 0 saturated carbocycles. The molecule has 0 bridgehead atoms. The SMILES string of the molecule is CCC(CNC(=NC)NC1CCc2nc(COC)nn2C1)N1CCc2ccccc2C1. The van der Waals surface area contributed by atoms with E-state index < -0.39 is 0 Å². The van der Waals surface area contributed by atoms with Gasteiger partial charge in [-0.1, -0.05) is 31.2 Å². The van der Waals surface area contributed by atoms with Crippen LogP contribution in [-0.2, 0) is 37.3 Å². The van der Waals surface area contributed by atoms with Gasteiger partial charge in [-0.3, -0.25) is 9.89 Å².